The maximum Gasteiger partial charge on any atom is 0.330 e. The molecule has 0 aliphatic heterocycles. The molecule has 0 N–H and O–H groups in total. The van der Waals surface area contributed by atoms with E-state index in [4.69, 9.17) is 27.9 Å². The van der Waals surface area contributed by atoms with Crippen molar-refractivity contribution in [2.45, 2.75) is 6.61 Å². The number of hydrogen-bond donors (Lipinski definition) is 0. The summed E-state index contributed by atoms with van der Waals surface area (Å²) in [5.74, 6) is -0.485. The van der Waals surface area contributed by atoms with E-state index >= 15 is 0 Å². The first kappa shape index (κ1) is 11.1. The fourth-order valence-corrected chi connectivity index (χ4v) is 1.24. The molecule has 0 saturated heterocycles. The molecule has 0 aromatic heterocycles. The molecule has 0 amide bonds. The Morgan fingerprint density at radius 3 is 2.86 bits per heavy atom. The molecule has 0 atom stereocenters. The highest BCUT2D eigenvalue weighted by molar-refractivity contribution is 6.42. The van der Waals surface area contributed by atoms with Crippen molar-refractivity contribution in [1.29, 1.82) is 0 Å². The van der Waals surface area contributed by atoms with E-state index in [0.717, 1.165) is 6.08 Å². The average molecular weight is 231 g/mol. The Hall–Kier alpha value is -0.990. The molecule has 0 heterocycles. The van der Waals surface area contributed by atoms with Crippen LogP contribution in [0, 0.1) is 0 Å². The molecule has 0 unspecified atom stereocenters. The van der Waals surface area contributed by atoms with E-state index in [2.05, 4.69) is 6.58 Å². The number of hydrogen-bond acceptors (Lipinski definition) is 2. The largest absolute Gasteiger partial charge is 0.458 e. The quantitative estimate of drug-likeness (QED) is 0.589. The Bertz CT molecular complexity index is 361. The van der Waals surface area contributed by atoms with E-state index < -0.39 is 5.97 Å². The minimum absolute atomic E-state index is 0.101. The zero-order valence-electron chi connectivity index (χ0n) is 7.30. The third-order valence-corrected chi connectivity index (χ3v) is 2.43. The lowest BCUT2D eigenvalue weighted by Crippen LogP contribution is -2.00. The Morgan fingerprint density at radius 2 is 2.21 bits per heavy atom. The standard InChI is InChI=1S/C10H8Cl2O2/c1-2-9(13)14-6-7-4-3-5-8(11)10(7)12/h2-5H,1,6H2. The zero-order valence-corrected chi connectivity index (χ0v) is 8.81. The van der Waals surface area contributed by atoms with Gasteiger partial charge in [-0.3, -0.25) is 0 Å². The molecule has 0 spiro atoms. The lowest BCUT2D eigenvalue weighted by atomic mass is 10.2. The van der Waals surface area contributed by atoms with Crippen LogP contribution in [0.5, 0.6) is 0 Å². The van der Waals surface area contributed by atoms with Gasteiger partial charge in [-0.15, -0.1) is 0 Å². The first-order chi connectivity index (χ1) is 6.65. The van der Waals surface area contributed by atoms with E-state index in [-0.39, 0.29) is 6.61 Å². The van der Waals surface area contributed by atoms with Crippen molar-refractivity contribution < 1.29 is 9.53 Å². The number of benzene rings is 1. The van der Waals surface area contributed by atoms with Crippen LogP contribution in [0.1, 0.15) is 5.56 Å². The zero-order chi connectivity index (χ0) is 10.6. The predicted molar refractivity (Wildman–Crippen MR) is 56.5 cm³/mol. The van der Waals surface area contributed by atoms with Crippen molar-refractivity contribution in [2.75, 3.05) is 0 Å². The van der Waals surface area contributed by atoms with Gasteiger partial charge in [0.1, 0.15) is 6.61 Å². The van der Waals surface area contributed by atoms with E-state index in [0.29, 0.717) is 15.6 Å². The highest BCUT2D eigenvalue weighted by atomic mass is 35.5. The molecule has 0 radical (unpaired) electrons. The number of halogens is 2. The molecule has 0 fully saturated rings. The Kier molecular flexibility index (Phi) is 3.98. The molecule has 4 heteroatoms. The van der Waals surface area contributed by atoms with Gasteiger partial charge in [0, 0.05) is 11.6 Å². The van der Waals surface area contributed by atoms with Crippen LogP contribution < -0.4 is 0 Å². The van der Waals surface area contributed by atoms with Gasteiger partial charge in [-0.25, -0.2) is 4.79 Å². The molecule has 1 aromatic carbocycles. The summed E-state index contributed by atoms with van der Waals surface area (Å²) < 4.78 is 4.81. The average Bonchev–Trinajstić information content (AvgIpc) is 2.20. The van der Waals surface area contributed by atoms with Crippen molar-refractivity contribution in [3.63, 3.8) is 0 Å². The molecular formula is C10H8Cl2O2. The molecule has 14 heavy (non-hydrogen) atoms. The van der Waals surface area contributed by atoms with Crippen molar-refractivity contribution in [1.82, 2.24) is 0 Å². The van der Waals surface area contributed by atoms with Gasteiger partial charge in [-0.2, -0.15) is 0 Å². The number of carbonyl (C=O) groups is 1. The first-order valence-electron chi connectivity index (χ1n) is 3.87. The number of rotatable bonds is 3. The van der Waals surface area contributed by atoms with Gasteiger partial charge in [0.05, 0.1) is 10.0 Å². The second-order valence-electron chi connectivity index (χ2n) is 2.52. The molecule has 0 aliphatic carbocycles. The summed E-state index contributed by atoms with van der Waals surface area (Å²) in [6, 6.07) is 5.15. The van der Waals surface area contributed by atoms with E-state index in [1.54, 1.807) is 18.2 Å². The summed E-state index contributed by atoms with van der Waals surface area (Å²) in [6.07, 6.45) is 1.10. The van der Waals surface area contributed by atoms with Crippen LogP contribution in [0.3, 0.4) is 0 Å². The Balaban J connectivity index is 2.72. The summed E-state index contributed by atoms with van der Waals surface area (Å²) in [5.41, 5.74) is 0.675. The molecule has 0 aliphatic rings. The fourth-order valence-electron chi connectivity index (χ4n) is 0.868. The lowest BCUT2D eigenvalue weighted by molar-refractivity contribution is -0.138. The topological polar surface area (TPSA) is 26.3 Å². The number of esters is 1. The summed E-state index contributed by atoms with van der Waals surface area (Å²) in [4.78, 5) is 10.8. The van der Waals surface area contributed by atoms with E-state index in [1.165, 1.54) is 0 Å². The van der Waals surface area contributed by atoms with E-state index in [1.807, 2.05) is 0 Å². The van der Waals surface area contributed by atoms with Gasteiger partial charge in [0.2, 0.25) is 0 Å². The van der Waals surface area contributed by atoms with Crippen LogP contribution >= 0.6 is 23.2 Å². The summed E-state index contributed by atoms with van der Waals surface area (Å²) in [5, 5.41) is 0.852. The highest BCUT2D eigenvalue weighted by Crippen LogP contribution is 2.25. The van der Waals surface area contributed by atoms with Crippen LogP contribution in [0.15, 0.2) is 30.9 Å². The third-order valence-electron chi connectivity index (χ3n) is 1.57. The molecule has 74 valence electrons. The summed E-state index contributed by atoms with van der Waals surface area (Å²) in [6.45, 7) is 3.38. The van der Waals surface area contributed by atoms with Gasteiger partial charge in [-0.05, 0) is 6.07 Å². The first-order valence-corrected chi connectivity index (χ1v) is 4.63. The maximum atomic E-state index is 10.8. The van der Waals surface area contributed by atoms with Crippen LogP contribution in [0.25, 0.3) is 0 Å². The van der Waals surface area contributed by atoms with E-state index in [9.17, 15) is 4.79 Å². The molecule has 1 rings (SSSR count). The third kappa shape index (κ3) is 2.76. The number of ether oxygens (including phenoxy) is 1. The highest BCUT2D eigenvalue weighted by Gasteiger charge is 2.05. The van der Waals surface area contributed by atoms with Gasteiger partial charge >= 0.3 is 5.97 Å². The minimum atomic E-state index is -0.485. The predicted octanol–water partition coefficient (Wildman–Crippen LogP) is 3.22. The molecule has 0 bridgehead atoms. The lowest BCUT2D eigenvalue weighted by Gasteiger charge is -2.05. The van der Waals surface area contributed by atoms with Crippen LogP contribution in [0.2, 0.25) is 10.0 Å². The van der Waals surface area contributed by atoms with Crippen LogP contribution in [-0.2, 0) is 16.1 Å². The Labute approximate surface area is 92.1 Å². The minimum Gasteiger partial charge on any atom is -0.458 e. The fraction of sp³-hybridized carbons (Fsp3) is 0.100. The SMILES string of the molecule is C=CC(=O)OCc1cccc(Cl)c1Cl. The van der Waals surface area contributed by atoms with Gasteiger partial charge in [-0.1, -0.05) is 41.9 Å². The second-order valence-corrected chi connectivity index (χ2v) is 3.31. The second kappa shape index (κ2) is 5.03. The van der Waals surface area contributed by atoms with Gasteiger partial charge in [0.15, 0.2) is 0 Å². The van der Waals surface area contributed by atoms with Gasteiger partial charge < -0.3 is 4.74 Å². The Morgan fingerprint density at radius 1 is 1.50 bits per heavy atom. The smallest absolute Gasteiger partial charge is 0.330 e. The normalized spacial score (nSPS) is 9.57. The number of carbonyl (C=O) groups excluding carboxylic acids is 1. The monoisotopic (exact) mass is 230 g/mol. The summed E-state index contributed by atoms with van der Waals surface area (Å²) in [7, 11) is 0. The molecular weight excluding hydrogens is 223 g/mol. The van der Waals surface area contributed by atoms with Crippen LogP contribution in [0.4, 0.5) is 0 Å². The summed E-state index contributed by atoms with van der Waals surface area (Å²) >= 11 is 11.6. The van der Waals surface area contributed by atoms with Crippen molar-refractivity contribution in [3.8, 4) is 0 Å². The van der Waals surface area contributed by atoms with Gasteiger partial charge in [0.25, 0.3) is 0 Å². The molecule has 1 aromatic rings. The maximum absolute atomic E-state index is 10.8. The molecule has 0 saturated carbocycles. The molecule has 2 nitrogen and oxygen atoms in total. The van der Waals surface area contributed by atoms with Crippen molar-refractivity contribution >= 4 is 29.2 Å². The van der Waals surface area contributed by atoms with Crippen LogP contribution in [-0.4, -0.2) is 5.97 Å². The van der Waals surface area contributed by atoms with Crippen molar-refractivity contribution in [3.05, 3.63) is 46.5 Å². The van der Waals surface area contributed by atoms with Crippen molar-refractivity contribution in [2.24, 2.45) is 0 Å².